The van der Waals surface area contributed by atoms with Crippen molar-refractivity contribution in [2.24, 2.45) is 17.3 Å². The lowest BCUT2D eigenvalue weighted by molar-refractivity contribution is -0.168. The molecule has 1 N–H and O–H groups in total. The number of esters is 1. The maximum absolute atomic E-state index is 12.6. The third-order valence-corrected chi connectivity index (χ3v) is 5.40. The van der Waals surface area contributed by atoms with Gasteiger partial charge in [-0.25, -0.2) is 0 Å². The number of hydrogen-bond donors (Lipinski definition) is 1. The van der Waals surface area contributed by atoms with Crippen LogP contribution in [0.5, 0.6) is 0 Å². The van der Waals surface area contributed by atoms with Crippen molar-refractivity contribution in [3.05, 3.63) is 30.3 Å². The van der Waals surface area contributed by atoms with Crippen molar-refractivity contribution < 1.29 is 14.3 Å². The van der Waals surface area contributed by atoms with Gasteiger partial charge in [-0.3, -0.25) is 9.59 Å². The molecule has 1 aromatic carbocycles. The first-order valence-electron chi connectivity index (χ1n) is 8.09. The number of hydrogen-bond acceptors (Lipinski definition) is 4. The highest BCUT2D eigenvalue weighted by Gasteiger charge is 2.60. The Bertz CT molecular complexity index is 571. The molecule has 3 fully saturated rings. The van der Waals surface area contributed by atoms with E-state index < -0.39 is 5.41 Å². The normalized spacial score (nSPS) is 33.5. The third kappa shape index (κ3) is 2.31. The van der Waals surface area contributed by atoms with Crippen molar-refractivity contribution in [2.45, 2.75) is 39.2 Å². The zero-order chi connectivity index (χ0) is 15.7. The van der Waals surface area contributed by atoms with E-state index in [1.54, 1.807) is 0 Å². The molecule has 3 aliphatic carbocycles. The number of fused-ring (bicyclic) bond motifs is 3. The second-order valence-corrected chi connectivity index (χ2v) is 6.54. The Morgan fingerprint density at radius 3 is 2.68 bits per heavy atom. The highest BCUT2D eigenvalue weighted by molar-refractivity contribution is 5.90. The number of para-hydroxylation sites is 1. The molecule has 0 unspecified atom stereocenters. The van der Waals surface area contributed by atoms with Crippen LogP contribution in [-0.2, 0) is 14.3 Å². The van der Waals surface area contributed by atoms with E-state index in [2.05, 4.69) is 5.32 Å². The number of ketones is 1. The van der Waals surface area contributed by atoms with E-state index in [-0.39, 0.29) is 29.6 Å². The van der Waals surface area contributed by atoms with Crippen LogP contribution in [-0.4, -0.2) is 24.4 Å². The number of Topliss-reactive ketones (excluding diaryl/α,β-unsaturated/α-hetero) is 1. The predicted molar refractivity (Wildman–Crippen MR) is 84.4 cm³/mol. The third-order valence-electron chi connectivity index (χ3n) is 5.40. The number of carbonyl (C=O) groups excluding carboxylic acids is 2. The number of carbonyl (C=O) groups is 2. The van der Waals surface area contributed by atoms with Gasteiger partial charge in [0, 0.05) is 18.0 Å². The number of ether oxygens (including phenoxy) is 1. The van der Waals surface area contributed by atoms with E-state index in [0.717, 1.165) is 18.5 Å². The summed E-state index contributed by atoms with van der Waals surface area (Å²) in [5.41, 5.74) is 0.311. The summed E-state index contributed by atoms with van der Waals surface area (Å²) in [5.74, 6) is 0.0851. The molecule has 3 saturated carbocycles. The van der Waals surface area contributed by atoms with Gasteiger partial charge in [-0.1, -0.05) is 18.2 Å². The standard InChI is InChI=1S/C18H23NO3/c1-3-22-17(21)18(2)12-9-10-14(15(20)11-12)16(18)19-13-7-5-4-6-8-13/h4-8,12,14,16,19H,3,9-11H2,1-2H3/t12-,14+,16-,18-/m0/s1. The number of anilines is 1. The molecule has 4 atom stereocenters. The Balaban J connectivity index is 1.94. The van der Waals surface area contributed by atoms with Crippen LogP contribution in [0.1, 0.15) is 33.1 Å². The van der Waals surface area contributed by atoms with Crippen molar-refractivity contribution in [1.82, 2.24) is 0 Å². The van der Waals surface area contributed by atoms with Crippen LogP contribution in [0.25, 0.3) is 0 Å². The van der Waals surface area contributed by atoms with Gasteiger partial charge >= 0.3 is 5.97 Å². The lowest BCUT2D eigenvalue weighted by Gasteiger charge is -2.53. The molecule has 4 rings (SSSR count). The lowest BCUT2D eigenvalue weighted by atomic mass is 9.53. The monoisotopic (exact) mass is 301 g/mol. The van der Waals surface area contributed by atoms with E-state index in [1.165, 1.54) is 0 Å². The SMILES string of the molecule is CCOC(=O)[C@@]1(C)[C@H]2CC[C@H](C(=O)C2)[C@@H]1Nc1ccccc1. The average Bonchev–Trinajstić information content (AvgIpc) is 2.52. The maximum atomic E-state index is 12.6. The molecule has 0 heterocycles. The summed E-state index contributed by atoms with van der Waals surface area (Å²) in [6.07, 6.45) is 2.30. The van der Waals surface area contributed by atoms with Crippen LogP contribution in [0.4, 0.5) is 5.69 Å². The molecule has 4 nitrogen and oxygen atoms in total. The molecule has 0 radical (unpaired) electrons. The van der Waals surface area contributed by atoms with Gasteiger partial charge in [0.2, 0.25) is 0 Å². The molecule has 0 aromatic heterocycles. The van der Waals surface area contributed by atoms with E-state index in [4.69, 9.17) is 4.74 Å². The zero-order valence-electron chi connectivity index (χ0n) is 13.2. The lowest BCUT2D eigenvalue weighted by Crippen LogP contribution is -2.62. The van der Waals surface area contributed by atoms with Gasteiger partial charge in [0.05, 0.1) is 18.1 Å². The fraction of sp³-hybridized carbons (Fsp3) is 0.556. The minimum atomic E-state index is -0.636. The summed E-state index contributed by atoms with van der Waals surface area (Å²) in [5, 5.41) is 3.45. The molecule has 0 spiro atoms. The minimum absolute atomic E-state index is 0.0743. The Labute approximate surface area is 131 Å². The molecule has 0 aliphatic heterocycles. The van der Waals surface area contributed by atoms with Crippen LogP contribution in [0, 0.1) is 17.3 Å². The van der Waals surface area contributed by atoms with Crippen molar-refractivity contribution in [2.75, 3.05) is 11.9 Å². The van der Waals surface area contributed by atoms with Gasteiger partial charge in [0.1, 0.15) is 5.78 Å². The van der Waals surface area contributed by atoms with Crippen molar-refractivity contribution >= 4 is 17.4 Å². The molecule has 0 amide bonds. The van der Waals surface area contributed by atoms with Gasteiger partial charge in [0.15, 0.2) is 0 Å². The van der Waals surface area contributed by atoms with E-state index in [1.807, 2.05) is 44.2 Å². The largest absolute Gasteiger partial charge is 0.466 e. The molecular formula is C18H23NO3. The van der Waals surface area contributed by atoms with Crippen LogP contribution in [0.3, 0.4) is 0 Å². The first kappa shape index (κ1) is 15.1. The predicted octanol–water partition coefficient (Wildman–Crippen LogP) is 3.04. The van der Waals surface area contributed by atoms with Gasteiger partial charge in [-0.2, -0.15) is 0 Å². The Kier molecular flexibility index (Phi) is 3.94. The fourth-order valence-electron chi connectivity index (χ4n) is 4.12. The molecule has 22 heavy (non-hydrogen) atoms. The summed E-state index contributed by atoms with van der Waals surface area (Å²) in [6, 6.07) is 9.61. The highest BCUT2D eigenvalue weighted by atomic mass is 16.5. The van der Waals surface area contributed by atoms with Gasteiger partial charge in [-0.15, -0.1) is 0 Å². The first-order valence-corrected chi connectivity index (χ1v) is 8.09. The van der Waals surface area contributed by atoms with Gasteiger partial charge < -0.3 is 10.1 Å². The highest BCUT2D eigenvalue weighted by Crippen LogP contribution is 2.52. The molecule has 1 aromatic rings. The summed E-state index contributed by atoms with van der Waals surface area (Å²) in [4.78, 5) is 25.0. The van der Waals surface area contributed by atoms with Crippen molar-refractivity contribution in [3.8, 4) is 0 Å². The van der Waals surface area contributed by atoms with Crippen LogP contribution in [0.2, 0.25) is 0 Å². The van der Waals surface area contributed by atoms with Crippen LogP contribution >= 0.6 is 0 Å². The quantitative estimate of drug-likeness (QED) is 0.869. The molecular weight excluding hydrogens is 278 g/mol. The first-order chi connectivity index (χ1) is 10.6. The summed E-state index contributed by atoms with van der Waals surface area (Å²) in [6.45, 7) is 4.17. The Morgan fingerprint density at radius 1 is 1.32 bits per heavy atom. The fourth-order valence-corrected chi connectivity index (χ4v) is 4.12. The average molecular weight is 301 g/mol. The van der Waals surface area contributed by atoms with Gasteiger partial charge in [0.25, 0.3) is 0 Å². The van der Waals surface area contributed by atoms with Crippen LogP contribution in [0.15, 0.2) is 30.3 Å². The number of benzene rings is 1. The zero-order valence-corrected chi connectivity index (χ0v) is 13.2. The van der Waals surface area contributed by atoms with E-state index >= 15 is 0 Å². The summed E-state index contributed by atoms with van der Waals surface area (Å²) < 4.78 is 5.35. The molecule has 118 valence electrons. The second-order valence-electron chi connectivity index (χ2n) is 6.54. The number of rotatable bonds is 4. The van der Waals surface area contributed by atoms with Crippen LogP contribution < -0.4 is 5.32 Å². The molecule has 2 bridgehead atoms. The van der Waals surface area contributed by atoms with Crippen molar-refractivity contribution in [1.29, 1.82) is 0 Å². The summed E-state index contributed by atoms with van der Waals surface area (Å²) >= 11 is 0. The second kappa shape index (κ2) is 5.75. The van der Waals surface area contributed by atoms with Crippen molar-refractivity contribution in [3.63, 3.8) is 0 Å². The van der Waals surface area contributed by atoms with Gasteiger partial charge in [-0.05, 0) is 44.7 Å². The topological polar surface area (TPSA) is 55.4 Å². The minimum Gasteiger partial charge on any atom is -0.466 e. The number of nitrogens with one attached hydrogen (secondary N) is 1. The molecule has 4 heteroatoms. The smallest absolute Gasteiger partial charge is 0.314 e. The molecule has 3 aliphatic rings. The Morgan fingerprint density at radius 2 is 2.05 bits per heavy atom. The maximum Gasteiger partial charge on any atom is 0.314 e. The van der Waals surface area contributed by atoms with E-state index in [0.29, 0.717) is 13.0 Å². The summed E-state index contributed by atoms with van der Waals surface area (Å²) in [7, 11) is 0. The Hall–Kier alpha value is -1.84. The molecule has 0 saturated heterocycles. The van der Waals surface area contributed by atoms with E-state index in [9.17, 15) is 9.59 Å².